The van der Waals surface area contributed by atoms with Gasteiger partial charge in [0.25, 0.3) is 0 Å². The minimum atomic E-state index is -4.79. The zero-order valence-corrected chi connectivity index (χ0v) is 49.6. The van der Waals surface area contributed by atoms with Gasteiger partial charge in [0.15, 0.2) is 0 Å². The van der Waals surface area contributed by atoms with Gasteiger partial charge in [-0.25, -0.2) is 0 Å². The summed E-state index contributed by atoms with van der Waals surface area (Å²) in [5.41, 5.74) is 4.57. The Hall–Kier alpha value is -10.6. The molecule has 16 aromatic rings. The van der Waals surface area contributed by atoms with E-state index in [0.29, 0.717) is 5.56 Å². The van der Waals surface area contributed by atoms with E-state index < -0.39 is 195 Å². The third-order valence-corrected chi connectivity index (χ3v) is 28.5. The standard InChI is InChI=1S/C82H53GeN5S/c1-4-26-54(27-5-1)55-50-56(79-84-80(86-81(85-79)88-74-44-22-14-36-65(74)66-37-15-23-45-75(66)88)67-38-16-24-46-76(67)87-72-42-20-12-34-63(72)64-35-13-21-43-73(64)87)52-60(51-55)83(57-28-6-2-7-29-57,58-30-8-3-9-31-58)59-48-49-71-78(53-59)89-77-47-25-19-41-70(77)82(71)68-39-17-10-32-61(68)62-33-11-18-40-69(62)82/h1-53H/i12D,13D,14D,15D,16D,20D,21D,22D,23D,24D,34D,35D,36D,37D,38D,42D,43D,44D,45D,46D. The van der Waals surface area contributed by atoms with E-state index in [0.717, 1.165) is 75.5 Å². The molecule has 1 spiro atoms. The van der Waals surface area contributed by atoms with Crippen LogP contribution in [0.25, 0.3) is 100 Å². The number of benzene rings is 13. The van der Waals surface area contributed by atoms with Gasteiger partial charge in [-0.2, -0.15) is 0 Å². The molecule has 1 aliphatic carbocycles. The van der Waals surface area contributed by atoms with Crippen molar-refractivity contribution in [3.63, 3.8) is 0 Å². The van der Waals surface area contributed by atoms with E-state index in [-0.39, 0.29) is 22.2 Å². The molecule has 18 rings (SSSR count). The van der Waals surface area contributed by atoms with Gasteiger partial charge in [-0.05, 0) is 0 Å². The van der Waals surface area contributed by atoms with Crippen LogP contribution in [0.15, 0.2) is 331 Å². The van der Waals surface area contributed by atoms with E-state index in [4.69, 9.17) is 25.9 Å². The van der Waals surface area contributed by atoms with Crippen molar-refractivity contribution < 1.29 is 27.4 Å². The molecule has 4 heterocycles. The molecule has 0 unspecified atom stereocenters. The Morgan fingerprint density at radius 2 is 0.798 bits per heavy atom. The summed E-state index contributed by atoms with van der Waals surface area (Å²) in [5.74, 6) is -1.51. The van der Waals surface area contributed by atoms with E-state index >= 15 is 0 Å². The number of hydrogen-bond acceptors (Lipinski definition) is 4. The van der Waals surface area contributed by atoms with E-state index in [1.807, 2.05) is 78.9 Å². The van der Waals surface area contributed by atoms with Crippen LogP contribution in [0.1, 0.15) is 49.7 Å². The fourth-order valence-electron chi connectivity index (χ4n) is 13.8. The van der Waals surface area contributed by atoms with Crippen LogP contribution in [0.5, 0.6) is 0 Å². The number of rotatable bonds is 9. The molecule has 0 fully saturated rings. The summed E-state index contributed by atoms with van der Waals surface area (Å²) in [7, 11) is 0. The first kappa shape index (κ1) is 35.2. The second-order valence-corrected chi connectivity index (χ2v) is 30.9. The molecular weight excluding hydrogens is 1160 g/mol. The Labute approximate surface area is 550 Å². The summed E-state index contributed by atoms with van der Waals surface area (Å²) in [5, 5.41) is -1.51. The molecule has 416 valence electrons. The molecule has 3 aromatic heterocycles. The first-order chi connectivity index (χ1) is 52.4. The van der Waals surface area contributed by atoms with Crippen molar-refractivity contribution in [1.29, 1.82) is 0 Å². The summed E-state index contributed by atoms with van der Waals surface area (Å²) in [6, 6.07) is 53.1. The summed E-state index contributed by atoms with van der Waals surface area (Å²) < 4.78 is 193. The van der Waals surface area contributed by atoms with Gasteiger partial charge >= 0.3 is 533 Å². The van der Waals surface area contributed by atoms with Crippen LogP contribution >= 0.6 is 11.8 Å². The van der Waals surface area contributed by atoms with Crippen molar-refractivity contribution >= 4 is 86.2 Å². The fourth-order valence-corrected chi connectivity index (χ4v) is 25.4. The first-order valence-electron chi connectivity index (χ1n) is 38.8. The van der Waals surface area contributed by atoms with Gasteiger partial charge < -0.3 is 0 Å². The minimum absolute atomic E-state index is 0.231. The van der Waals surface area contributed by atoms with E-state index in [9.17, 15) is 16.4 Å². The molecule has 0 N–H and O–H groups in total. The average molecular weight is 1230 g/mol. The second-order valence-electron chi connectivity index (χ2n) is 21.9. The normalized spacial score (nSPS) is 16.1. The first-order valence-corrected chi connectivity index (χ1v) is 33.8. The summed E-state index contributed by atoms with van der Waals surface area (Å²) in [6.07, 6.45) is 0. The third kappa shape index (κ3) is 7.73. The Kier molecular flexibility index (Phi) is 8.12. The number of hydrogen-bond donors (Lipinski definition) is 0. The zero-order valence-electron chi connectivity index (χ0n) is 66.7. The van der Waals surface area contributed by atoms with Gasteiger partial charge in [-0.3, -0.25) is 0 Å². The van der Waals surface area contributed by atoms with Crippen molar-refractivity contribution in [2.24, 2.45) is 0 Å². The van der Waals surface area contributed by atoms with Gasteiger partial charge in [-0.15, -0.1) is 0 Å². The average Bonchev–Trinajstić information content (AvgIpc) is 1.57. The second kappa shape index (κ2) is 20.5. The number of para-hydroxylation sites is 5. The monoisotopic (exact) mass is 1230 g/mol. The molecule has 0 saturated carbocycles. The van der Waals surface area contributed by atoms with Crippen LogP contribution < -0.4 is 17.6 Å². The number of fused-ring (bicyclic) bond motifs is 15. The van der Waals surface area contributed by atoms with E-state index in [1.54, 1.807) is 11.8 Å². The van der Waals surface area contributed by atoms with Crippen LogP contribution in [-0.4, -0.2) is 37.4 Å². The summed E-state index contributed by atoms with van der Waals surface area (Å²) in [4.78, 5) is 17.7. The maximum absolute atomic E-state index is 10.2. The molecule has 0 atom stereocenters. The number of nitrogens with zero attached hydrogens (tertiary/aromatic N) is 5. The molecule has 2 aliphatic rings. The van der Waals surface area contributed by atoms with Crippen LogP contribution in [0.4, 0.5) is 0 Å². The Balaban J connectivity index is 1.01. The van der Waals surface area contributed by atoms with Gasteiger partial charge in [0.2, 0.25) is 0 Å². The van der Waals surface area contributed by atoms with Crippen LogP contribution in [0, 0.1) is 0 Å². The molecule has 0 radical (unpaired) electrons. The molecule has 1 aliphatic heterocycles. The predicted molar refractivity (Wildman–Crippen MR) is 370 cm³/mol. The van der Waals surface area contributed by atoms with Gasteiger partial charge in [0, 0.05) is 0 Å². The summed E-state index contributed by atoms with van der Waals surface area (Å²) in [6.45, 7) is 0. The molecule has 7 heteroatoms. The van der Waals surface area contributed by atoms with Crippen molar-refractivity contribution in [3.8, 4) is 56.7 Å². The van der Waals surface area contributed by atoms with Crippen molar-refractivity contribution in [2.45, 2.75) is 15.2 Å². The third-order valence-electron chi connectivity index (χ3n) is 17.4. The molecule has 0 amide bonds. The van der Waals surface area contributed by atoms with Crippen molar-refractivity contribution in [2.75, 3.05) is 0 Å². The van der Waals surface area contributed by atoms with Crippen molar-refractivity contribution in [3.05, 3.63) is 343 Å². The van der Waals surface area contributed by atoms with Crippen LogP contribution in [0.3, 0.4) is 0 Å². The number of aromatic nitrogens is 5. The fraction of sp³-hybridized carbons (Fsp3) is 0.0122. The van der Waals surface area contributed by atoms with Gasteiger partial charge in [-0.1, -0.05) is 12.1 Å². The Morgan fingerprint density at radius 3 is 1.40 bits per heavy atom. The molecule has 13 aromatic carbocycles. The molecular formula is C82H53GeN5S. The topological polar surface area (TPSA) is 48.5 Å². The Morgan fingerprint density at radius 1 is 0.326 bits per heavy atom. The molecule has 0 bridgehead atoms. The van der Waals surface area contributed by atoms with Crippen LogP contribution in [0.2, 0.25) is 0 Å². The quantitative estimate of drug-likeness (QED) is 0.135. The van der Waals surface area contributed by atoms with Crippen LogP contribution in [-0.2, 0) is 5.41 Å². The molecule has 5 nitrogen and oxygen atoms in total. The molecule has 89 heavy (non-hydrogen) atoms. The predicted octanol–water partition coefficient (Wildman–Crippen LogP) is 17.3. The van der Waals surface area contributed by atoms with E-state index in [2.05, 4.69) is 121 Å². The Bertz CT molecular complexity index is 6500. The SMILES string of the molecule is [2H]c1c([2H])c([2H])c(-n2c3c([2H])c([2H])c([2H])c([2H])c3c3c([2H])c([2H])c([2H])c([2H])c32)c(-c2nc(-c3cc(-c4ccccc4)c[c]([Ge]([c]4ccccc4)([c]4ccccc4)[c]4ccc5c(c4)Sc4ccccc4C54c5ccccc5-c5ccccc54)c3)nc(-n3c4c([2H])c([2H])c([2H])c([2H])c4c4c([2H])c([2H])c([2H])c([2H])c43)n2)c1[2H]. The van der Waals surface area contributed by atoms with Crippen molar-refractivity contribution in [1.82, 2.24) is 24.1 Å². The zero-order chi connectivity index (χ0) is 76.0. The van der Waals surface area contributed by atoms with Gasteiger partial charge in [0.05, 0.1) is 8.22 Å². The summed E-state index contributed by atoms with van der Waals surface area (Å²) >= 11 is -3.09. The van der Waals surface area contributed by atoms with E-state index in [1.165, 1.54) is 0 Å². The maximum atomic E-state index is 10.2. The van der Waals surface area contributed by atoms with Gasteiger partial charge in [0.1, 0.15) is 0 Å². The molecule has 0 saturated heterocycles.